The normalized spacial score (nSPS) is 15.5. The number of hydrogen-bond donors (Lipinski definition) is 0. The van der Waals surface area contributed by atoms with Gasteiger partial charge in [-0.15, -0.1) is 0 Å². The van der Waals surface area contributed by atoms with Crippen molar-refractivity contribution in [2.24, 2.45) is 0 Å². The molecular weight excluding hydrogens is 461 g/mol. The van der Waals surface area contributed by atoms with Gasteiger partial charge in [0.05, 0.1) is 23.7 Å². The van der Waals surface area contributed by atoms with Crippen LogP contribution in [0.2, 0.25) is 0 Å². The second kappa shape index (κ2) is 9.60. The van der Waals surface area contributed by atoms with Crippen LogP contribution in [0, 0.1) is 0 Å². The fourth-order valence-corrected chi connectivity index (χ4v) is 4.92. The lowest BCUT2D eigenvalue weighted by atomic mass is 10.1. The Morgan fingerprint density at radius 3 is 2.24 bits per heavy atom. The van der Waals surface area contributed by atoms with Gasteiger partial charge in [0.2, 0.25) is 10.0 Å². The first-order valence-corrected chi connectivity index (χ1v) is 11.7. The molecule has 2 aromatic rings. The van der Waals surface area contributed by atoms with E-state index in [-0.39, 0.29) is 38.2 Å². The van der Waals surface area contributed by atoms with E-state index in [1.54, 1.807) is 18.2 Å². The summed E-state index contributed by atoms with van der Waals surface area (Å²) in [4.78, 5) is 14.0. The van der Waals surface area contributed by atoms with Gasteiger partial charge >= 0.3 is 6.18 Å². The van der Waals surface area contributed by atoms with Gasteiger partial charge in [-0.05, 0) is 50.2 Å². The van der Waals surface area contributed by atoms with Crippen LogP contribution < -0.4 is 9.47 Å². The van der Waals surface area contributed by atoms with Crippen molar-refractivity contribution in [3.8, 4) is 11.5 Å². The van der Waals surface area contributed by atoms with E-state index in [1.165, 1.54) is 12.0 Å². The average molecular weight is 487 g/mol. The molecule has 0 aromatic heterocycles. The minimum absolute atomic E-state index is 0.0317. The maximum Gasteiger partial charge on any atom is 0.416 e. The Kier molecular flexibility index (Phi) is 7.23. The quantitative estimate of drug-likeness (QED) is 0.623. The van der Waals surface area contributed by atoms with Crippen LogP contribution in [0.4, 0.5) is 13.2 Å². The smallest absolute Gasteiger partial charge is 0.416 e. The minimum atomic E-state index is -4.65. The van der Waals surface area contributed by atoms with Gasteiger partial charge in [0, 0.05) is 31.7 Å². The van der Waals surface area contributed by atoms with E-state index in [0.717, 1.165) is 22.5 Å². The Hall–Kier alpha value is -2.79. The number of alkyl halides is 3. The molecule has 0 radical (unpaired) electrons. The van der Waals surface area contributed by atoms with E-state index in [4.69, 9.17) is 9.47 Å². The first-order chi connectivity index (χ1) is 15.4. The second-order valence-corrected chi connectivity index (χ2v) is 9.69. The molecular formula is C22H25F3N2O5S. The summed E-state index contributed by atoms with van der Waals surface area (Å²) in [5.41, 5.74) is -0.673. The van der Waals surface area contributed by atoms with Crippen LogP contribution in [0.1, 0.15) is 29.8 Å². The van der Waals surface area contributed by atoms with Crippen LogP contribution in [-0.4, -0.2) is 62.9 Å². The first-order valence-electron chi connectivity index (χ1n) is 10.2. The third-order valence-electron chi connectivity index (χ3n) is 5.10. The number of piperazine rings is 1. The number of hydrogen-bond acceptors (Lipinski definition) is 5. The van der Waals surface area contributed by atoms with Crippen LogP contribution in [0.5, 0.6) is 11.5 Å². The Labute approximate surface area is 190 Å². The largest absolute Gasteiger partial charge is 0.493 e. The molecule has 0 spiro atoms. The molecule has 0 saturated carbocycles. The highest BCUT2D eigenvalue weighted by Gasteiger charge is 2.34. The van der Waals surface area contributed by atoms with Crippen molar-refractivity contribution in [1.29, 1.82) is 0 Å². The number of amides is 1. The lowest BCUT2D eigenvalue weighted by Crippen LogP contribution is -2.50. The van der Waals surface area contributed by atoms with Crippen LogP contribution in [-0.2, 0) is 16.2 Å². The zero-order valence-corrected chi connectivity index (χ0v) is 19.2. The van der Waals surface area contributed by atoms with Crippen LogP contribution in [0.25, 0.3) is 0 Å². The zero-order chi connectivity index (χ0) is 24.4. The molecule has 0 unspecified atom stereocenters. The van der Waals surface area contributed by atoms with Gasteiger partial charge < -0.3 is 14.4 Å². The molecule has 1 saturated heterocycles. The fraction of sp³-hybridized carbons (Fsp3) is 0.409. The van der Waals surface area contributed by atoms with Gasteiger partial charge in [-0.1, -0.05) is 6.07 Å². The SMILES string of the molecule is COc1cc(C(=O)N2CCN(S(=O)(=O)c3cccc(C(F)(F)F)c3)CC2)ccc1OC(C)C. The molecule has 1 fully saturated rings. The summed E-state index contributed by atoms with van der Waals surface area (Å²) in [7, 11) is -2.66. The van der Waals surface area contributed by atoms with Crippen LogP contribution >= 0.6 is 0 Å². The highest BCUT2D eigenvalue weighted by Crippen LogP contribution is 2.32. The lowest BCUT2D eigenvalue weighted by Gasteiger charge is -2.34. The Morgan fingerprint density at radius 2 is 1.67 bits per heavy atom. The van der Waals surface area contributed by atoms with E-state index < -0.39 is 26.7 Å². The zero-order valence-electron chi connectivity index (χ0n) is 18.4. The van der Waals surface area contributed by atoms with Crippen molar-refractivity contribution in [3.05, 3.63) is 53.6 Å². The molecule has 11 heteroatoms. The Morgan fingerprint density at radius 1 is 1.00 bits per heavy atom. The molecule has 1 amide bonds. The van der Waals surface area contributed by atoms with Crippen molar-refractivity contribution in [2.75, 3.05) is 33.3 Å². The van der Waals surface area contributed by atoms with Gasteiger partial charge in [-0.3, -0.25) is 4.79 Å². The van der Waals surface area contributed by atoms with Crippen LogP contribution in [0.3, 0.4) is 0 Å². The van der Waals surface area contributed by atoms with Crippen molar-refractivity contribution in [2.45, 2.75) is 31.0 Å². The van der Waals surface area contributed by atoms with Gasteiger partial charge in [0.1, 0.15) is 0 Å². The number of halogens is 3. The second-order valence-electron chi connectivity index (χ2n) is 7.75. The summed E-state index contributed by atoms with van der Waals surface area (Å²) in [6.07, 6.45) is -4.72. The monoisotopic (exact) mass is 486 g/mol. The highest BCUT2D eigenvalue weighted by molar-refractivity contribution is 7.89. The fourth-order valence-electron chi connectivity index (χ4n) is 3.45. The van der Waals surface area contributed by atoms with Crippen molar-refractivity contribution in [1.82, 2.24) is 9.21 Å². The molecule has 0 aliphatic carbocycles. The first kappa shape index (κ1) is 24.8. The molecule has 2 aromatic carbocycles. The summed E-state index contributed by atoms with van der Waals surface area (Å²) in [5, 5.41) is 0. The summed E-state index contributed by atoms with van der Waals surface area (Å²) in [6.45, 7) is 3.87. The number of methoxy groups -OCH3 is 1. The average Bonchev–Trinajstić information content (AvgIpc) is 2.78. The van der Waals surface area contributed by atoms with E-state index in [9.17, 15) is 26.4 Å². The molecule has 0 bridgehead atoms. The van der Waals surface area contributed by atoms with E-state index in [1.807, 2.05) is 13.8 Å². The number of sulfonamides is 1. The van der Waals surface area contributed by atoms with Gasteiger partial charge in [-0.25, -0.2) is 8.42 Å². The molecule has 0 atom stereocenters. The maximum absolute atomic E-state index is 13.0. The number of rotatable bonds is 6. The number of carbonyl (C=O) groups excluding carboxylic acids is 1. The van der Waals surface area contributed by atoms with E-state index in [2.05, 4.69) is 0 Å². The van der Waals surface area contributed by atoms with Crippen molar-refractivity contribution in [3.63, 3.8) is 0 Å². The number of nitrogens with zero attached hydrogens (tertiary/aromatic N) is 2. The molecule has 3 rings (SSSR count). The molecule has 1 aliphatic rings. The van der Waals surface area contributed by atoms with Gasteiger partial charge in [0.15, 0.2) is 11.5 Å². The Balaban J connectivity index is 1.71. The molecule has 180 valence electrons. The van der Waals surface area contributed by atoms with Gasteiger partial charge in [-0.2, -0.15) is 17.5 Å². The summed E-state index contributed by atoms with van der Waals surface area (Å²) >= 11 is 0. The number of ether oxygens (including phenoxy) is 2. The molecule has 33 heavy (non-hydrogen) atoms. The topological polar surface area (TPSA) is 76.2 Å². The standard InChI is InChI=1S/C22H25F3N2O5S/c1-15(2)32-19-8-7-16(13-20(19)31-3)21(28)26-9-11-27(12-10-26)33(29,30)18-6-4-5-17(14-18)22(23,24)25/h4-8,13-15H,9-12H2,1-3H3. The molecule has 7 nitrogen and oxygen atoms in total. The van der Waals surface area contributed by atoms with Crippen molar-refractivity contribution >= 4 is 15.9 Å². The predicted molar refractivity (Wildman–Crippen MR) is 115 cm³/mol. The van der Waals surface area contributed by atoms with Crippen LogP contribution in [0.15, 0.2) is 47.4 Å². The third kappa shape index (κ3) is 5.59. The summed E-state index contributed by atoms with van der Waals surface area (Å²) < 4.78 is 76.6. The Bertz CT molecular complexity index is 1110. The number of carbonyl (C=O) groups is 1. The summed E-state index contributed by atoms with van der Waals surface area (Å²) in [5.74, 6) is 0.599. The molecule has 0 N–H and O–H groups in total. The lowest BCUT2D eigenvalue weighted by molar-refractivity contribution is -0.137. The van der Waals surface area contributed by atoms with Gasteiger partial charge in [0.25, 0.3) is 5.91 Å². The molecule has 1 aliphatic heterocycles. The minimum Gasteiger partial charge on any atom is -0.493 e. The van der Waals surface area contributed by atoms with Crippen molar-refractivity contribution < 1.29 is 35.9 Å². The maximum atomic E-state index is 13.0. The summed E-state index contributed by atoms with van der Waals surface area (Å²) in [6, 6.07) is 8.45. The third-order valence-corrected chi connectivity index (χ3v) is 6.99. The number of benzene rings is 2. The van der Waals surface area contributed by atoms with E-state index in [0.29, 0.717) is 23.1 Å². The van der Waals surface area contributed by atoms with E-state index >= 15 is 0 Å². The highest BCUT2D eigenvalue weighted by atomic mass is 32.2. The molecule has 1 heterocycles. The predicted octanol–water partition coefficient (Wildman–Crippen LogP) is 3.65.